The number of anilines is 1. The summed E-state index contributed by atoms with van der Waals surface area (Å²) in [5, 5.41) is 2.65. The van der Waals surface area contributed by atoms with Crippen LogP contribution in [0.3, 0.4) is 0 Å². The molecule has 13 heavy (non-hydrogen) atoms. The fraction of sp³-hybridized carbons (Fsp3) is 0.300. The van der Waals surface area contributed by atoms with Crippen LogP contribution < -0.4 is 5.32 Å². The largest absolute Gasteiger partial charge is 0.329 e. The molecule has 1 aliphatic heterocycles. The quantitative estimate of drug-likeness (QED) is 0.687. The summed E-state index contributed by atoms with van der Waals surface area (Å²) in [5.74, 6) is 0. The SMILES string of the molecule is CN1Cc2ccc(NC=O)cc2C1. The summed E-state index contributed by atoms with van der Waals surface area (Å²) < 4.78 is 0. The van der Waals surface area contributed by atoms with Gasteiger partial charge in [-0.05, 0) is 30.3 Å². The Kier molecular flexibility index (Phi) is 2.02. The van der Waals surface area contributed by atoms with Crippen molar-refractivity contribution in [3.05, 3.63) is 29.3 Å². The van der Waals surface area contributed by atoms with E-state index in [4.69, 9.17) is 0 Å². The van der Waals surface area contributed by atoms with Gasteiger partial charge >= 0.3 is 0 Å². The van der Waals surface area contributed by atoms with Crippen LogP contribution in [0.25, 0.3) is 0 Å². The Hall–Kier alpha value is -1.35. The lowest BCUT2D eigenvalue weighted by molar-refractivity contribution is -0.105. The summed E-state index contributed by atoms with van der Waals surface area (Å²) in [7, 11) is 2.09. The number of nitrogens with one attached hydrogen (secondary N) is 1. The van der Waals surface area contributed by atoms with Gasteiger partial charge in [0.25, 0.3) is 0 Å². The molecule has 1 aromatic carbocycles. The zero-order chi connectivity index (χ0) is 9.26. The van der Waals surface area contributed by atoms with Crippen molar-refractivity contribution in [2.45, 2.75) is 13.1 Å². The standard InChI is InChI=1S/C10H12N2O/c1-12-5-8-2-3-10(11-7-13)4-9(8)6-12/h2-4,7H,5-6H2,1H3,(H,11,13). The number of rotatable bonds is 2. The number of hydrogen-bond acceptors (Lipinski definition) is 2. The lowest BCUT2D eigenvalue weighted by Gasteiger charge is -2.02. The first-order valence-electron chi connectivity index (χ1n) is 4.30. The molecule has 0 aliphatic carbocycles. The zero-order valence-electron chi connectivity index (χ0n) is 7.58. The molecule has 1 aliphatic rings. The van der Waals surface area contributed by atoms with E-state index in [-0.39, 0.29) is 0 Å². The van der Waals surface area contributed by atoms with Crippen LogP contribution in [0.15, 0.2) is 18.2 Å². The van der Waals surface area contributed by atoms with E-state index in [1.165, 1.54) is 11.1 Å². The minimum atomic E-state index is 0.709. The van der Waals surface area contributed by atoms with Gasteiger partial charge in [-0.1, -0.05) is 6.07 Å². The molecule has 0 saturated carbocycles. The first kappa shape index (κ1) is 8.26. The van der Waals surface area contributed by atoms with Gasteiger partial charge in [-0.15, -0.1) is 0 Å². The lowest BCUT2D eigenvalue weighted by atomic mass is 10.1. The number of carbonyl (C=O) groups excluding carboxylic acids is 1. The first-order chi connectivity index (χ1) is 6.29. The molecule has 0 saturated heterocycles. The normalized spacial score (nSPS) is 15.5. The number of benzene rings is 1. The summed E-state index contributed by atoms with van der Waals surface area (Å²) in [4.78, 5) is 12.5. The molecule has 0 fully saturated rings. The predicted octanol–water partition coefficient (Wildman–Crippen LogP) is 1.20. The first-order valence-corrected chi connectivity index (χ1v) is 4.30. The predicted molar refractivity (Wildman–Crippen MR) is 51.3 cm³/mol. The molecule has 3 heteroatoms. The van der Waals surface area contributed by atoms with Crippen molar-refractivity contribution in [3.63, 3.8) is 0 Å². The Labute approximate surface area is 77.4 Å². The maximum Gasteiger partial charge on any atom is 0.211 e. The third-order valence-corrected chi connectivity index (χ3v) is 2.31. The van der Waals surface area contributed by atoms with E-state index in [2.05, 4.69) is 23.3 Å². The van der Waals surface area contributed by atoms with Crippen LogP contribution in [0.1, 0.15) is 11.1 Å². The van der Waals surface area contributed by atoms with Crippen molar-refractivity contribution in [1.29, 1.82) is 0 Å². The van der Waals surface area contributed by atoms with Crippen LogP contribution in [-0.2, 0) is 17.9 Å². The fourth-order valence-electron chi connectivity index (χ4n) is 1.72. The molecule has 1 amide bonds. The van der Waals surface area contributed by atoms with Crippen molar-refractivity contribution in [2.75, 3.05) is 12.4 Å². The van der Waals surface area contributed by atoms with Gasteiger partial charge in [0.2, 0.25) is 6.41 Å². The average molecular weight is 176 g/mol. The average Bonchev–Trinajstić information content (AvgIpc) is 2.44. The van der Waals surface area contributed by atoms with E-state index in [1.807, 2.05) is 12.1 Å². The Morgan fingerprint density at radius 3 is 2.92 bits per heavy atom. The van der Waals surface area contributed by atoms with Gasteiger partial charge in [0, 0.05) is 18.8 Å². The summed E-state index contributed by atoms with van der Waals surface area (Å²) in [6.45, 7) is 1.99. The van der Waals surface area contributed by atoms with Crippen molar-refractivity contribution >= 4 is 12.1 Å². The van der Waals surface area contributed by atoms with Crippen molar-refractivity contribution in [2.24, 2.45) is 0 Å². The van der Waals surface area contributed by atoms with Gasteiger partial charge in [0.1, 0.15) is 0 Å². The molecule has 0 spiro atoms. The van der Waals surface area contributed by atoms with Crippen LogP contribution in [0.5, 0.6) is 0 Å². The molecule has 0 radical (unpaired) electrons. The van der Waals surface area contributed by atoms with Crippen molar-refractivity contribution in [1.82, 2.24) is 4.90 Å². The molecular weight excluding hydrogens is 164 g/mol. The summed E-state index contributed by atoms with van der Waals surface area (Å²) >= 11 is 0. The van der Waals surface area contributed by atoms with Gasteiger partial charge in [0.05, 0.1) is 0 Å². The number of nitrogens with zero attached hydrogens (tertiary/aromatic N) is 1. The smallest absolute Gasteiger partial charge is 0.211 e. The van der Waals surface area contributed by atoms with Crippen LogP contribution in [0, 0.1) is 0 Å². The molecule has 0 unspecified atom stereocenters. The maximum absolute atomic E-state index is 10.2. The van der Waals surface area contributed by atoms with Crippen LogP contribution in [0.2, 0.25) is 0 Å². The molecule has 0 aromatic heterocycles. The number of carbonyl (C=O) groups is 1. The van der Waals surface area contributed by atoms with Gasteiger partial charge in [0.15, 0.2) is 0 Å². The van der Waals surface area contributed by atoms with Crippen molar-refractivity contribution in [3.8, 4) is 0 Å². The number of fused-ring (bicyclic) bond motifs is 1. The second kappa shape index (κ2) is 3.18. The minimum absolute atomic E-state index is 0.709. The van der Waals surface area contributed by atoms with Gasteiger partial charge < -0.3 is 5.32 Å². The minimum Gasteiger partial charge on any atom is -0.329 e. The van der Waals surface area contributed by atoms with Crippen LogP contribution >= 0.6 is 0 Å². The Morgan fingerprint density at radius 1 is 1.38 bits per heavy atom. The third-order valence-electron chi connectivity index (χ3n) is 2.31. The fourth-order valence-corrected chi connectivity index (χ4v) is 1.72. The lowest BCUT2D eigenvalue weighted by Crippen LogP contribution is -2.07. The topological polar surface area (TPSA) is 32.3 Å². The third kappa shape index (κ3) is 1.55. The second-order valence-corrected chi connectivity index (χ2v) is 3.42. The summed E-state index contributed by atoms with van der Waals surface area (Å²) in [6, 6.07) is 6.05. The van der Waals surface area contributed by atoms with E-state index >= 15 is 0 Å². The molecule has 1 aromatic rings. The second-order valence-electron chi connectivity index (χ2n) is 3.42. The number of amides is 1. The van der Waals surface area contributed by atoms with Gasteiger partial charge in [-0.25, -0.2) is 0 Å². The highest BCUT2D eigenvalue weighted by atomic mass is 16.1. The van der Waals surface area contributed by atoms with Crippen molar-refractivity contribution < 1.29 is 4.79 Å². The molecule has 0 bridgehead atoms. The highest BCUT2D eigenvalue weighted by Crippen LogP contribution is 2.23. The highest BCUT2D eigenvalue weighted by molar-refractivity contribution is 5.71. The molecule has 2 rings (SSSR count). The highest BCUT2D eigenvalue weighted by Gasteiger charge is 2.14. The van der Waals surface area contributed by atoms with Crippen LogP contribution in [0.4, 0.5) is 5.69 Å². The zero-order valence-corrected chi connectivity index (χ0v) is 7.58. The van der Waals surface area contributed by atoms with E-state index in [1.54, 1.807) is 0 Å². The van der Waals surface area contributed by atoms with E-state index in [9.17, 15) is 4.79 Å². The van der Waals surface area contributed by atoms with Gasteiger partial charge in [-0.3, -0.25) is 9.69 Å². The van der Waals surface area contributed by atoms with E-state index in [0.717, 1.165) is 18.8 Å². The molecule has 1 N–H and O–H groups in total. The monoisotopic (exact) mass is 176 g/mol. The maximum atomic E-state index is 10.2. The number of hydrogen-bond donors (Lipinski definition) is 1. The Morgan fingerprint density at radius 2 is 2.15 bits per heavy atom. The Balaban J connectivity index is 2.29. The van der Waals surface area contributed by atoms with E-state index < -0.39 is 0 Å². The summed E-state index contributed by atoms with van der Waals surface area (Å²) in [6.07, 6.45) is 0.709. The molecule has 3 nitrogen and oxygen atoms in total. The molecule has 1 heterocycles. The van der Waals surface area contributed by atoms with Crippen LogP contribution in [-0.4, -0.2) is 18.4 Å². The summed E-state index contributed by atoms with van der Waals surface area (Å²) in [5.41, 5.74) is 3.55. The Bertz CT molecular complexity index is 336. The molecule has 0 atom stereocenters. The van der Waals surface area contributed by atoms with E-state index in [0.29, 0.717) is 6.41 Å². The van der Waals surface area contributed by atoms with Gasteiger partial charge in [-0.2, -0.15) is 0 Å². The molecular formula is C10H12N2O. The molecule has 68 valence electrons.